The van der Waals surface area contributed by atoms with Crippen molar-refractivity contribution in [3.63, 3.8) is 0 Å². The molecule has 23 heavy (non-hydrogen) atoms. The topological polar surface area (TPSA) is 25.2 Å². The molecule has 5 heteroatoms. The molecule has 0 aliphatic carbocycles. The second-order valence-electron chi connectivity index (χ2n) is 5.12. The van der Waals surface area contributed by atoms with E-state index in [0.29, 0.717) is 18.8 Å². The van der Waals surface area contributed by atoms with E-state index >= 15 is 0 Å². The monoisotopic (exact) mass is 333 g/mol. The standard InChI is InChI=1S/C18H14ClF2NO/c19-16-9-13(3-7-17(16)21)18-8-6-15(23-18)11-22-10-12-1-4-14(20)5-2-12/h1-9,22H,10-11H2. The van der Waals surface area contributed by atoms with Crippen LogP contribution in [0.3, 0.4) is 0 Å². The van der Waals surface area contributed by atoms with Gasteiger partial charge >= 0.3 is 0 Å². The van der Waals surface area contributed by atoms with E-state index in [-0.39, 0.29) is 10.8 Å². The Balaban J connectivity index is 1.60. The van der Waals surface area contributed by atoms with Crippen LogP contribution in [0, 0.1) is 11.6 Å². The highest BCUT2D eigenvalue weighted by Gasteiger charge is 2.07. The third kappa shape index (κ3) is 3.97. The number of furan rings is 1. The quantitative estimate of drug-likeness (QED) is 0.697. The van der Waals surface area contributed by atoms with Crippen LogP contribution in [0.25, 0.3) is 11.3 Å². The minimum Gasteiger partial charge on any atom is -0.460 e. The van der Waals surface area contributed by atoms with Gasteiger partial charge in [-0.15, -0.1) is 0 Å². The number of hydrogen-bond acceptors (Lipinski definition) is 2. The van der Waals surface area contributed by atoms with Gasteiger partial charge in [0, 0.05) is 12.1 Å². The van der Waals surface area contributed by atoms with Gasteiger partial charge in [-0.05, 0) is 48.0 Å². The van der Waals surface area contributed by atoms with E-state index in [1.54, 1.807) is 18.2 Å². The first kappa shape index (κ1) is 15.7. The predicted octanol–water partition coefficient (Wildman–Crippen LogP) is 5.17. The van der Waals surface area contributed by atoms with Gasteiger partial charge in [0.1, 0.15) is 23.2 Å². The van der Waals surface area contributed by atoms with Crippen LogP contribution in [0.5, 0.6) is 0 Å². The van der Waals surface area contributed by atoms with Gasteiger partial charge in [-0.3, -0.25) is 0 Å². The van der Waals surface area contributed by atoms with Crippen molar-refractivity contribution in [1.82, 2.24) is 5.32 Å². The van der Waals surface area contributed by atoms with Crippen molar-refractivity contribution in [2.45, 2.75) is 13.1 Å². The van der Waals surface area contributed by atoms with Gasteiger partial charge in [0.15, 0.2) is 0 Å². The van der Waals surface area contributed by atoms with Gasteiger partial charge in [0.2, 0.25) is 0 Å². The predicted molar refractivity (Wildman–Crippen MR) is 86.1 cm³/mol. The molecule has 3 rings (SSSR count). The zero-order chi connectivity index (χ0) is 16.2. The Hall–Kier alpha value is -2.17. The van der Waals surface area contributed by atoms with Crippen LogP contribution in [0.15, 0.2) is 59.0 Å². The summed E-state index contributed by atoms with van der Waals surface area (Å²) in [6, 6.07) is 14.5. The molecule has 2 nitrogen and oxygen atoms in total. The van der Waals surface area contributed by atoms with Gasteiger partial charge in [0.25, 0.3) is 0 Å². The van der Waals surface area contributed by atoms with Crippen LogP contribution in [0.2, 0.25) is 5.02 Å². The highest BCUT2D eigenvalue weighted by molar-refractivity contribution is 6.31. The van der Waals surface area contributed by atoms with E-state index in [0.717, 1.165) is 16.9 Å². The first-order valence-electron chi connectivity index (χ1n) is 7.11. The number of benzene rings is 2. The van der Waals surface area contributed by atoms with Crippen LogP contribution in [0.4, 0.5) is 8.78 Å². The van der Waals surface area contributed by atoms with E-state index < -0.39 is 5.82 Å². The third-order valence-corrected chi connectivity index (χ3v) is 3.70. The average Bonchev–Trinajstić information content (AvgIpc) is 3.01. The van der Waals surface area contributed by atoms with Crippen LogP contribution >= 0.6 is 11.6 Å². The largest absolute Gasteiger partial charge is 0.460 e. The zero-order valence-corrected chi connectivity index (χ0v) is 12.9. The number of nitrogens with one attached hydrogen (secondary N) is 1. The van der Waals surface area contributed by atoms with E-state index in [1.165, 1.54) is 24.3 Å². The summed E-state index contributed by atoms with van der Waals surface area (Å²) in [6.45, 7) is 1.14. The van der Waals surface area contributed by atoms with Gasteiger partial charge in [0.05, 0.1) is 11.6 Å². The molecular weight excluding hydrogens is 320 g/mol. The Morgan fingerprint density at radius 3 is 2.43 bits per heavy atom. The van der Waals surface area contributed by atoms with Crippen LogP contribution < -0.4 is 5.32 Å². The lowest BCUT2D eigenvalue weighted by Gasteiger charge is -2.03. The molecule has 3 aromatic rings. The van der Waals surface area contributed by atoms with Crippen molar-refractivity contribution in [2.24, 2.45) is 0 Å². The second kappa shape index (κ2) is 6.94. The molecule has 118 valence electrons. The van der Waals surface area contributed by atoms with Gasteiger partial charge in [-0.1, -0.05) is 23.7 Å². The highest BCUT2D eigenvalue weighted by Crippen LogP contribution is 2.26. The van der Waals surface area contributed by atoms with Gasteiger partial charge < -0.3 is 9.73 Å². The van der Waals surface area contributed by atoms with Crippen LogP contribution in [0.1, 0.15) is 11.3 Å². The van der Waals surface area contributed by atoms with Crippen LogP contribution in [-0.2, 0) is 13.1 Å². The molecule has 0 unspecified atom stereocenters. The number of halogens is 3. The molecule has 0 spiro atoms. The molecule has 0 radical (unpaired) electrons. The van der Waals surface area contributed by atoms with Crippen molar-refractivity contribution in [3.8, 4) is 11.3 Å². The van der Waals surface area contributed by atoms with E-state index in [1.807, 2.05) is 12.1 Å². The normalized spacial score (nSPS) is 10.9. The lowest BCUT2D eigenvalue weighted by atomic mass is 10.2. The van der Waals surface area contributed by atoms with Crippen molar-refractivity contribution in [2.75, 3.05) is 0 Å². The Bertz CT molecular complexity index is 799. The lowest BCUT2D eigenvalue weighted by molar-refractivity contribution is 0.493. The minimum absolute atomic E-state index is 0.0647. The smallest absolute Gasteiger partial charge is 0.141 e. The summed E-state index contributed by atoms with van der Waals surface area (Å²) < 4.78 is 31.7. The molecule has 0 aliphatic rings. The fourth-order valence-electron chi connectivity index (χ4n) is 2.21. The van der Waals surface area contributed by atoms with Gasteiger partial charge in [-0.25, -0.2) is 8.78 Å². The summed E-state index contributed by atoms with van der Waals surface area (Å²) in [4.78, 5) is 0. The summed E-state index contributed by atoms with van der Waals surface area (Å²) in [6.07, 6.45) is 0. The van der Waals surface area contributed by atoms with E-state index in [2.05, 4.69) is 5.32 Å². The summed E-state index contributed by atoms with van der Waals surface area (Å²) in [7, 11) is 0. The minimum atomic E-state index is -0.455. The number of rotatable bonds is 5. The molecule has 0 saturated carbocycles. The number of hydrogen-bond donors (Lipinski definition) is 1. The van der Waals surface area contributed by atoms with Crippen LogP contribution in [-0.4, -0.2) is 0 Å². The molecule has 0 amide bonds. The SMILES string of the molecule is Fc1ccc(CNCc2ccc(-c3ccc(F)c(Cl)c3)o2)cc1. The first-order valence-corrected chi connectivity index (χ1v) is 7.49. The Morgan fingerprint density at radius 1 is 0.913 bits per heavy atom. The van der Waals surface area contributed by atoms with Crippen molar-refractivity contribution >= 4 is 11.6 Å². The maximum Gasteiger partial charge on any atom is 0.141 e. The molecule has 0 aliphatic heterocycles. The molecule has 1 N–H and O–H groups in total. The molecule has 1 heterocycles. The summed E-state index contributed by atoms with van der Waals surface area (Å²) >= 11 is 5.78. The molecule has 0 saturated heterocycles. The lowest BCUT2D eigenvalue weighted by Crippen LogP contribution is -2.11. The molecule has 0 atom stereocenters. The average molecular weight is 334 g/mol. The first-order chi connectivity index (χ1) is 11.1. The highest BCUT2D eigenvalue weighted by atomic mass is 35.5. The van der Waals surface area contributed by atoms with Crippen molar-refractivity contribution < 1.29 is 13.2 Å². The van der Waals surface area contributed by atoms with Crippen molar-refractivity contribution in [3.05, 3.63) is 82.6 Å². The fraction of sp³-hybridized carbons (Fsp3) is 0.111. The molecule has 0 bridgehead atoms. The molecule has 2 aromatic carbocycles. The molecule has 1 aromatic heterocycles. The maximum absolute atomic E-state index is 13.2. The fourth-order valence-corrected chi connectivity index (χ4v) is 2.39. The summed E-state index contributed by atoms with van der Waals surface area (Å²) in [5, 5.41) is 3.29. The summed E-state index contributed by atoms with van der Waals surface area (Å²) in [5.41, 5.74) is 1.71. The Morgan fingerprint density at radius 2 is 1.70 bits per heavy atom. The third-order valence-electron chi connectivity index (χ3n) is 3.41. The maximum atomic E-state index is 13.2. The summed E-state index contributed by atoms with van der Waals surface area (Å²) in [5.74, 6) is 0.679. The van der Waals surface area contributed by atoms with Gasteiger partial charge in [-0.2, -0.15) is 0 Å². The van der Waals surface area contributed by atoms with E-state index in [9.17, 15) is 8.78 Å². The van der Waals surface area contributed by atoms with Crippen molar-refractivity contribution in [1.29, 1.82) is 0 Å². The molecular formula is C18H14ClF2NO. The molecule has 0 fully saturated rings. The van der Waals surface area contributed by atoms with E-state index in [4.69, 9.17) is 16.0 Å². The Kier molecular flexibility index (Phi) is 4.74. The second-order valence-corrected chi connectivity index (χ2v) is 5.53. The zero-order valence-electron chi connectivity index (χ0n) is 12.2. The Labute approximate surface area is 137 Å².